The lowest BCUT2D eigenvalue weighted by Crippen LogP contribution is -2.48. The Hall–Kier alpha value is -3.50. The fourth-order valence-electron chi connectivity index (χ4n) is 4.20. The molecule has 1 aliphatic heterocycles. The summed E-state index contributed by atoms with van der Waals surface area (Å²) in [5.41, 5.74) is 0.694. The van der Waals surface area contributed by atoms with Gasteiger partial charge in [0.2, 0.25) is 5.95 Å². The molecule has 0 amide bonds. The van der Waals surface area contributed by atoms with E-state index >= 15 is 0 Å². The first kappa shape index (κ1) is 25.6. The van der Waals surface area contributed by atoms with Crippen molar-refractivity contribution in [1.29, 1.82) is 0 Å². The quantitative estimate of drug-likeness (QED) is 0.397. The third-order valence-electron chi connectivity index (χ3n) is 6.03. The van der Waals surface area contributed by atoms with Crippen LogP contribution >= 0.6 is 12.4 Å². The molecular formula is C25H25ClF3N7. The summed E-state index contributed by atoms with van der Waals surface area (Å²) in [6.07, 6.45) is 0.550. The van der Waals surface area contributed by atoms with Crippen LogP contribution in [-0.2, 0) is 6.18 Å². The average molecular weight is 516 g/mol. The molecule has 1 saturated heterocycles. The van der Waals surface area contributed by atoms with Gasteiger partial charge in [0.1, 0.15) is 11.5 Å². The van der Waals surface area contributed by atoms with E-state index in [1.54, 1.807) is 24.7 Å². The van der Waals surface area contributed by atoms with Crippen LogP contribution in [0.5, 0.6) is 0 Å². The predicted octanol–water partition coefficient (Wildman–Crippen LogP) is 4.76. The monoisotopic (exact) mass is 515 g/mol. The lowest BCUT2D eigenvalue weighted by molar-refractivity contribution is -0.140. The van der Waals surface area contributed by atoms with Crippen molar-refractivity contribution in [2.24, 2.45) is 0 Å². The number of halogens is 4. The van der Waals surface area contributed by atoms with Crippen molar-refractivity contribution in [2.75, 3.05) is 49.5 Å². The van der Waals surface area contributed by atoms with E-state index in [1.165, 1.54) is 6.07 Å². The van der Waals surface area contributed by atoms with E-state index in [9.17, 15) is 13.2 Å². The van der Waals surface area contributed by atoms with Gasteiger partial charge in [0.25, 0.3) is 0 Å². The zero-order valence-corrected chi connectivity index (χ0v) is 20.1. The molecule has 0 unspecified atom stereocenters. The molecule has 5 rings (SSSR count). The van der Waals surface area contributed by atoms with Crippen LogP contribution in [0.4, 0.5) is 24.9 Å². The summed E-state index contributed by atoms with van der Waals surface area (Å²) in [6, 6.07) is 13.5. The van der Waals surface area contributed by atoms with Crippen molar-refractivity contribution in [2.45, 2.75) is 6.18 Å². The normalized spacial score (nSPS) is 14.5. The summed E-state index contributed by atoms with van der Waals surface area (Å²) in [5.74, 6) is 1.27. The first-order chi connectivity index (χ1) is 17.0. The fourth-order valence-corrected chi connectivity index (χ4v) is 4.20. The van der Waals surface area contributed by atoms with Gasteiger partial charge in [0.15, 0.2) is 0 Å². The summed E-state index contributed by atoms with van der Waals surface area (Å²) in [5, 5.41) is 3.86. The van der Waals surface area contributed by atoms with Crippen LogP contribution in [0.25, 0.3) is 22.0 Å². The maximum atomic E-state index is 13.4. The zero-order valence-electron chi connectivity index (χ0n) is 19.3. The summed E-state index contributed by atoms with van der Waals surface area (Å²) in [4.78, 5) is 21.6. The number of hydrogen-bond acceptors (Lipinski definition) is 7. The van der Waals surface area contributed by atoms with Gasteiger partial charge in [-0.15, -0.1) is 12.4 Å². The number of piperazine rings is 1. The molecule has 1 N–H and O–H groups in total. The first-order valence-corrected chi connectivity index (χ1v) is 11.4. The van der Waals surface area contributed by atoms with E-state index in [0.717, 1.165) is 50.3 Å². The highest BCUT2D eigenvalue weighted by atomic mass is 35.5. The van der Waals surface area contributed by atoms with E-state index in [0.29, 0.717) is 23.3 Å². The van der Waals surface area contributed by atoms with E-state index in [-0.39, 0.29) is 17.9 Å². The number of aromatic nitrogens is 4. The van der Waals surface area contributed by atoms with E-state index in [1.807, 2.05) is 30.3 Å². The summed E-state index contributed by atoms with van der Waals surface area (Å²) < 4.78 is 40.2. The Morgan fingerprint density at radius 3 is 2.28 bits per heavy atom. The highest BCUT2D eigenvalue weighted by Gasteiger charge is 2.33. The van der Waals surface area contributed by atoms with Gasteiger partial charge < -0.3 is 10.2 Å². The number of anilines is 2. The first-order valence-electron chi connectivity index (χ1n) is 11.4. The minimum atomic E-state index is -4.52. The van der Waals surface area contributed by atoms with Gasteiger partial charge >= 0.3 is 6.18 Å². The van der Waals surface area contributed by atoms with E-state index in [4.69, 9.17) is 0 Å². The lowest BCUT2D eigenvalue weighted by Gasteiger charge is -2.34. The van der Waals surface area contributed by atoms with Crippen LogP contribution in [0, 0.1) is 0 Å². The van der Waals surface area contributed by atoms with Crippen molar-refractivity contribution in [3.8, 4) is 11.1 Å². The smallest absolute Gasteiger partial charge is 0.368 e. The Labute approximate surface area is 212 Å². The number of rotatable bonds is 6. The minimum absolute atomic E-state index is 0. The Kier molecular flexibility index (Phi) is 7.85. The molecule has 0 aliphatic carbocycles. The van der Waals surface area contributed by atoms with Crippen molar-refractivity contribution in [3.05, 3.63) is 72.8 Å². The number of alkyl halides is 3. The molecule has 188 valence electrons. The predicted molar refractivity (Wildman–Crippen MR) is 136 cm³/mol. The number of fused-ring (bicyclic) bond motifs is 1. The molecule has 0 bridgehead atoms. The van der Waals surface area contributed by atoms with Gasteiger partial charge in [-0.2, -0.15) is 13.2 Å². The molecular weight excluding hydrogens is 491 g/mol. The van der Waals surface area contributed by atoms with Crippen molar-refractivity contribution >= 4 is 35.1 Å². The van der Waals surface area contributed by atoms with Gasteiger partial charge in [-0.1, -0.05) is 30.3 Å². The molecule has 4 aromatic rings. The molecule has 4 heterocycles. The second-order valence-electron chi connectivity index (χ2n) is 8.28. The van der Waals surface area contributed by atoms with Crippen molar-refractivity contribution in [1.82, 2.24) is 24.8 Å². The minimum Gasteiger partial charge on any atom is -0.368 e. The Morgan fingerprint density at radius 2 is 1.58 bits per heavy atom. The standard InChI is InChI=1S/C25H24F3N7.ClH/c26-25(27,28)21-8-7-19-22(33-21)20(18-5-2-1-3-6-18)17-32-23(19)29-11-12-34-13-15-35(16-14-34)24-30-9-4-10-31-24;/h1-10,17H,11-16H2,(H,29,32);1H. The Balaban J connectivity index is 0.00000304. The molecule has 0 spiro atoms. The summed E-state index contributed by atoms with van der Waals surface area (Å²) in [6.45, 7) is 4.80. The maximum Gasteiger partial charge on any atom is 0.433 e. The molecule has 1 aromatic carbocycles. The van der Waals surface area contributed by atoms with Gasteiger partial charge in [-0.25, -0.2) is 19.9 Å². The molecule has 11 heteroatoms. The maximum absolute atomic E-state index is 13.4. The van der Waals surface area contributed by atoms with Crippen LogP contribution in [0.3, 0.4) is 0 Å². The van der Waals surface area contributed by atoms with Crippen LogP contribution in [0.1, 0.15) is 5.69 Å². The Morgan fingerprint density at radius 1 is 0.861 bits per heavy atom. The molecule has 1 fully saturated rings. The number of hydrogen-bond donors (Lipinski definition) is 1. The summed E-state index contributed by atoms with van der Waals surface area (Å²) in [7, 11) is 0. The number of benzene rings is 1. The zero-order chi connectivity index (χ0) is 24.3. The molecule has 0 saturated carbocycles. The molecule has 0 radical (unpaired) electrons. The second-order valence-corrected chi connectivity index (χ2v) is 8.28. The SMILES string of the molecule is Cl.FC(F)(F)c1ccc2c(NCCN3CCN(c4ncccn4)CC3)ncc(-c3ccccc3)c2n1. The topological polar surface area (TPSA) is 70.1 Å². The lowest BCUT2D eigenvalue weighted by atomic mass is 10.0. The third-order valence-corrected chi connectivity index (χ3v) is 6.03. The van der Waals surface area contributed by atoms with Crippen molar-refractivity contribution in [3.63, 3.8) is 0 Å². The third kappa shape index (κ3) is 5.66. The largest absolute Gasteiger partial charge is 0.433 e. The van der Waals surface area contributed by atoms with Gasteiger partial charge in [-0.05, 0) is 23.8 Å². The molecule has 3 aromatic heterocycles. The van der Waals surface area contributed by atoms with Gasteiger partial charge in [-0.3, -0.25) is 4.90 Å². The number of nitrogens with zero attached hydrogens (tertiary/aromatic N) is 6. The highest BCUT2D eigenvalue weighted by molar-refractivity contribution is 5.99. The van der Waals surface area contributed by atoms with Crippen LogP contribution in [0.15, 0.2) is 67.1 Å². The van der Waals surface area contributed by atoms with Crippen LogP contribution in [0.2, 0.25) is 0 Å². The number of nitrogens with one attached hydrogen (secondary N) is 1. The van der Waals surface area contributed by atoms with Crippen LogP contribution < -0.4 is 10.2 Å². The molecule has 36 heavy (non-hydrogen) atoms. The molecule has 7 nitrogen and oxygen atoms in total. The number of pyridine rings is 2. The fraction of sp³-hybridized carbons (Fsp3) is 0.280. The second kappa shape index (κ2) is 11.0. The average Bonchev–Trinajstić information content (AvgIpc) is 2.89. The van der Waals surface area contributed by atoms with E-state index < -0.39 is 11.9 Å². The summed E-state index contributed by atoms with van der Waals surface area (Å²) >= 11 is 0. The van der Waals surface area contributed by atoms with Gasteiger partial charge in [0.05, 0.1) is 5.52 Å². The van der Waals surface area contributed by atoms with E-state index in [2.05, 4.69) is 35.1 Å². The van der Waals surface area contributed by atoms with Crippen LogP contribution in [-0.4, -0.2) is 64.1 Å². The molecule has 0 atom stereocenters. The Bertz CT molecular complexity index is 1280. The highest BCUT2D eigenvalue weighted by Crippen LogP contribution is 2.34. The molecule has 1 aliphatic rings. The van der Waals surface area contributed by atoms with Gasteiger partial charge in [0, 0.05) is 68.8 Å². The van der Waals surface area contributed by atoms with Crippen molar-refractivity contribution < 1.29 is 13.2 Å².